The maximum absolute atomic E-state index is 6.14. The maximum atomic E-state index is 6.14. The quantitative estimate of drug-likeness (QED) is 0.781. The molecule has 0 amide bonds. The molecule has 3 nitrogen and oxygen atoms in total. The Morgan fingerprint density at radius 3 is 2.65 bits per heavy atom. The van der Waals surface area contributed by atoms with Gasteiger partial charge in [0.25, 0.3) is 0 Å². The van der Waals surface area contributed by atoms with E-state index in [1.807, 2.05) is 30.3 Å². The topological polar surface area (TPSA) is 47.3 Å². The fourth-order valence-electron chi connectivity index (χ4n) is 2.03. The Morgan fingerprint density at radius 2 is 1.90 bits per heavy atom. The van der Waals surface area contributed by atoms with Crippen LogP contribution in [0.1, 0.15) is 24.5 Å². The van der Waals surface area contributed by atoms with Gasteiger partial charge in [0.05, 0.1) is 18.0 Å². The van der Waals surface area contributed by atoms with Crippen LogP contribution in [0.2, 0.25) is 0 Å². The normalized spacial score (nSPS) is 10.3. The number of nitrogen functional groups attached to an aromatic ring is 1. The standard InChI is InChI=1S/C17H22N2O/c1-3-11-20-16-10-6-9-15(17(16)18)19-12-14-8-5-4-7-13(14)2/h4-10,19H,3,11-12,18H2,1-2H3. The number of nitrogens with two attached hydrogens (primary N) is 1. The summed E-state index contributed by atoms with van der Waals surface area (Å²) in [5.74, 6) is 0.752. The molecule has 0 spiro atoms. The Balaban J connectivity index is 2.08. The summed E-state index contributed by atoms with van der Waals surface area (Å²) in [6.45, 7) is 5.64. The van der Waals surface area contributed by atoms with Crippen molar-refractivity contribution in [2.75, 3.05) is 17.7 Å². The molecule has 0 aromatic heterocycles. The minimum Gasteiger partial charge on any atom is -0.491 e. The Labute approximate surface area is 120 Å². The zero-order valence-electron chi connectivity index (χ0n) is 12.1. The number of nitrogens with one attached hydrogen (secondary N) is 1. The minimum atomic E-state index is 0.675. The second kappa shape index (κ2) is 6.85. The average molecular weight is 270 g/mol. The molecule has 0 fully saturated rings. The van der Waals surface area contributed by atoms with E-state index in [-0.39, 0.29) is 0 Å². The summed E-state index contributed by atoms with van der Waals surface area (Å²) in [4.78, 5) is 0. The minimum absolute atomic E-state index is 0.675. The van der Waals surface area contributed by atoms with Crippen molar-refractivity contribution in [3.8, 4) is 5.75 Å². The highest BCUT2D eigenvalue weighted by molar-refractivity contribution is 5.73. The van der Waals surface area contributed by atoms with Gasteiger partial charge in [-0.3, -0.25) is 0 Å². The second-order valence-electron chi connectivity index (χ2n) is 4.85. The molecular formula is C17H22N2O. The van der Waals surface area contributed by atoms with Crippen LogP contribution in [-0.4, -0.2) is 6.61 Å². The molecule has 0 unspecified atom stereocenters. The molecule has 2 rings (SSSR count). The zero-order valence-corrected chi connectivity index (χ0v) is 12.1. The van der Waals surface area contributed by atoms with Crippen molar-refractivity contribution in [2.45, 2.75) is 26.8 Å². The highest BCUT2D eigenvalue weighted by Crippen LogP contribution is 2.29. The van der Waals surface area contributed by atoms with Crippen molar-refractivity contribution in [1.29, 1.82) is 0 Å². The lowest BCUT2D eigenvalue weighted by atomic mass is 10.1. The maximum Gasteiger partial charge on any atom is 0.144 e. The predicted molar refractivity (Wildman–Crippen MR) is 85.1 cm³/mol. The number of ether oxygens (including phenoxy) is 1. The molecule has 3 N–H and O–H groups in total. The second-order valence-corrected chi connectivity index (χ2v) is 4.85. The highest BCUT2D eigenvalue weighted by atomic mass is 16.5. The van der Waals surface area contributed by atoms with E-state index in [1.54, 1.807) is 0 Å². The fraction of sp³-hybridized carbons (Fsp3) is 0.294. The van der Waals surface area contributed by atoms with E-state index in [2.05, 4.69) is 31.3 Å². The lowest BCUT2D eigenvalue weighted by molar-refractivity contribution is 0.319. The first kappa shape index (κ1) is 14.3. The summed E-state index contributed by atoms with van der Waals surface area (Å²) in [6, 6.07) is 14.2. The van der Waals surface area contributed by atoms with Gasteiger partial charge < -0.3 is 15.8 Å². The molecule has 0 saturated carbocycles. The Kier molecular flexibility index (Phi) is 4.88. The van der Waals surface area contributed by atoms with Crippen LogP contribution >= 0.6 is 0 Å². The summed E-state index contributed by atoms with van der Waals surface area (Å²) >= 11 is 0. The highest BCUT2D eigenvalue weighted by Gasteiger charge is 2.06. The first-order valence-electron chi connectivity index (χ1n) is 7.02. The molecule has 0 radical (unpaired) electrons. The van der Waals surface area contributed by atoms with Gasteiger partial charge in [0.2, 0.25) is 0 Å². The van der Waals surface area contributed by atoms with Crippen molar-refractivity contribution < 1.29 is 4.74 Å². The average Bonchev–Trinajstić information content (AvgIpc) is 2.46. The molecule has 0 saturated heterocycles. The third-order valence-electron chi connectivity index (χ3n) is 3.26. The first-order valence-corrected chi connectivity index (χ1v) is 7.02. The number of hydrogen-bond donors (Lipinski definition) is 2. The van der Waals surface area contributed by atoms with Crippen LogP contribution in [0.4, 0.5) is 11.4 Å². The molecule has 0 aliphatic heterocycles. The van der Waals surface area contributed by atoms with Crippen LogP contribution < -0.4 is 15.8 Å². The van der Waals surface area contributed by atoms with Crippen LogP contribution in [0.15, 0.2) is 42.5 Å². The third-order valence-corrected chi connectivity index (χ3v) is 3.26. The van der Waals surface area contributed by atoms with E-state index in [0.29, 0.717) is 12.3 Å². The molecular weight excluding hydrogens is 248 g/mol. The Morgan fingerprint density at radius 1 is 1.10 bits per heavy atom. The Bertz CT molecular complexity index is 567. The van der Waals surface area contributed by atoms with Crippen molar-refractivity contribution in [3.05, 3.63) is 53.6 Å². The van der Waals surface area contributed by atoms with Gasteiger partial charge >= 0.3 is 0 Å². The molecule has 2 aromatic carbocycles. The molecule has 0 aliphatic carbocycles. The first-order chi connectivity index (χ1) is 9.72. The van der Waals surface area contributed by atoms with Gasteiger partial charge in [-0.05, 0) is 36.6 Å². The van der Waals surface area contributed by atoms with Gasteiger partial charge in [-0.1, -0.05) is 37.3 Å². The van der Waals surface area contributed by atoms with Gasteiger partial charge in [0, 0.05) is 6.54 Å². The van der Waals surface area contributed by atoms with Crippen molar-refractivity contribution in [2.24, 2.45) is 0 Å². The summed E-state index contributed by atoms with van der Waals surface area (Å²) in [6.07, 6.45) is 0.973. The van der Waals surface area contributed by atoms with E-state index >= 15 is 0 Å². The van der Waals surface area contributed by atoms with Crippen LogP contribution in [0.3, 0.4) is 0 Å². The summed E-state index contributed by atoms with van der Waals surface area (Å²) in [7, 11) is 0. The molecule has 106 valence electrons. The molecule has 3 heteroatoms. The molecule has 0 aliphatic rings. The molecule has 2 aromatic rings. The largest absolute Gasteiger partial charge is 0.491 e. The van der Waals surface area contributed by atoms with Crippen LogP contribution in [-0.2, 0) is 6.54 Å². The summed E-state index contributed by atoms with van der Waals surface area (Å²) in [5.41, 5.74) is 10.3. The molecule has 0 heterocycles. The van der Waals surface area contributed by atoms with Crippen LogP contribution in [0.5, 0.6) is 5.75 Å². The van der Waals surface area contributed by atoms with Gasteiger partial charge in [-0.2, -0.15) is 0 Å². The molecule has 0 atom stereocenters. The Hall–Kier alpha value is -2.16. The monoisotopic (exact) mass is 270 g/mol. The van der Waals surface area contributed by atoms with Crippen LogP contribution in [0.25, 0.3) is 0 Å². The van der Waals surface area contributed by atoms with Gasteiger partial charge in [-0.25, -0.2) is 0 Å². The lowest BCUT2D eigenvalue weighted by Crippen LogP contribution is -2.06. The molecule has 0 bridgehead atoms. The lowest BCUT2D eigenvalue weighted by Gasteiger charge is -2.14. The van der Waals surface area contributed by atoms with E-state index in [4.69, 9.17) is 10.5 Å². The number of anilines is 2. The third kappa shape index (κ3) is 3.44. The number of rotatable bonds is 6. The summed E-state index contributed by atoms with van der Waals surface area (Å²) < 4.78 is 5.64. The van der Waals surface area contributed by atoms with E-state index < -0.39 is 0 Å². The van der Waals surface area contributed by atoms with E-state index in [0.717, 1.165) is 24.4 Å². The predicted octanol–water partition coefficient (Wildman–Crippen LogP) is 3.98. The number of benzene rings is 2. The number of hydrogen-bond acceptors (Lipinski definition) is 3. The van der Waals surface area contributed by atoms with Crippen molar-refractivity contribution >= 4 is 11.4 Å². The van der Waals surface area contributed by atoms with Crippen LogP contribution in [0, 0.1) is 6.92 Å². The number of aryl methyl sites for hydroxylation is 1. The van der Waals surface area contributed by atoms with Crippen molar-refractivity contribution in [3.63, 3.8) is 0 Å². The summed E-state index contributed by atoms with van der Waals surface area (Å²) in [5, 5.41) is 3.38. The van der Waals surface area contributed by atoms with Gasteiger partial charge in [-0.15, -0.1) is 0 Å². The SMILES string of the molecule is CCCOc1cccc(NCc2ccccc2C)c1N. The zero-order chi connectivity index (χ0) is 14.4. The number of para-hydroxylation sites is 1. The van der Waals surface area contributed by atoms with E-state index in [1.165, 1.54) is 11.1 Å². The smallest absolute Gasteiger partial charge is 0.144 e. The van der Waals surface area contributed by atoms with E-state index in [9.17, 15) is 0 Å². The van der Waals surface area contributed by atoms with Crippen molar-refractivity contribution in [1.82, 2.24) is 0 Å². The molecule has 20 heavy (non-hydrogen) atoms. The van der Waals surface area contributed by atoms with Gasteiger partial charge in [0.1, 0.15) is 5.75 Å². The van der Waals surface area contributed by atoms with Gasteiger partial charge in [0.15, 0.2) is 0 Å². The fourth-order valence-corrected chi connectivity index (χ4v) is 2.03.